The van der Waals surface area contributed by atoms with Gasteiger partial charge in [-0.1, -0.05) is 12.2 Å². The molecule has 1 unspecified atom stereocenters. The Bertz CT molecular complexity index is 161. The summed E-state index contributed by atoms with van der Waals surface area (Å²) in [5.74, 6) is 0. The summed E-state index contributed by atoms with van der Waals surface area (Å²) in [5.41, 5.74) is 0. The van der Waals surface area contributed by atoms with E-state index in [1.54, 1.807) is 0 Å². The predicted molar refractivity (Wildman–Crippen MR) is 53.6 cm³/mol. The minimum Gasteiger partial charge on any atom is -0.291 e. The molecular weight excluding hydrogens is 148 g/mol. The summed E-state index contributed by atoms with van der Waals surface area (Å²) in [4.78, 5) is 4.30. The first kappa shape index (κ1) is 9.46. The summed E-state index contributed by atoms with van der Waals surface area (Å²) in [7, 11) is 0. The van der Waals surface area contributed by atoms with E-state index in [0.717, 1.165) is 6.54 Å². The van der Waals surface area contributed by atoms with Gasteiger partial charge in [0, 0.05) is 12.8 Å². The second-order valence-corrected chi connectivity index (χ2v) is 3.11. The molecule has 0 spiro atoms. The molecule has 0 aliphatic carbocycles. The summed E-state index contributed by atoms with van der Waals surface area (Å²) in [6, 6.07) is 0. The molecule has 0 aromatic carbocycles. The van der Waals surface area contributed by atoms with Crippen LogP contribution < -0.4 is 5.32 Å². The van der Waals surface area contributed by atoms with Gasteiger partial charge in [0.1, 0.15) is 0 Å². The zero-order valence-electron chi connectivity index (χ0n) is 7.79. The van der Waals surface area contributed by atoms with E-state index in [1.807, 2.05) is 6.21 Å². The van der Waals surface area contributed by atoms with Gasteiger partial charge in [-0.05, 0) is 32.6 Å². The van der Waals surface area contributed by atoms with Crippen LogP contribution in [0.2, 0.25) is 0 Å². The lowest BCUT2D eigenvalue weighted by molar-refractivity contribution is 0.525. The molecule has 0 amide bonds. The van der Waals surface area contributed by atoms with Crippen molar-refractivity contribution in [2.75, 3.05) is 6.54 Å². The number of hydrogen-bond acceptors (Lipinski definition) is 2. The number of nitrogens with one attached hydrogen (secondary N) is 1. The first-order valence-electron chi connectivity index (χ1n) is 4.79. The van der Waals surface area contributed by atoms with E-state index >= 15 is 0 Å². The molecule has 1 aliphatic heterocycles. The van der Waals surface area contributed by atoms with Crippen molar-refractivity contribution < 1.29 is 0 Å². The van der Waals surface area contributed by atoms with E-state index in [1.165, 1.54) is 25.7 Å². The van der Waals surface area contributed by atoms with Crippen LogP contribution in [0, 0.1) is 0 Å². The highest BCUT2D eigenvalue weighted by Crippen LogP contribution is 2.06. The lowest BCUT2D eigenvalue weighted by Gasteiger charge is -2.05. The molecule has 1 aliphatic rings. The first-order valence-corrected chi connectivity index (χ1v) is 4.79. The molecule has 68 valence electrons. The normalized spacial score (nSPS) is 22.6. The number of allylic oxidation sites excluding steroid dienone is 2. The largest absolute Gasteiger partial charge is 0.291 e. The van der Waals surface area contributed by atoms with Crippen LogP contribution in [0.3, 0.4) is 0 Å². The summed E-state index contributed by atoms with van der Waals surface area (Å²) in [6.07, 6.45) is 11.7. The van der Waals surface area contributed by atoms with Crippen molar-refractivity contribution >= 4 is 6.21 Å². The minimum atomic E-state index is 0.413. The fourth-order valence-corrected chi connectivity index (χ4v) is 1.36. The molecule has 1 heterocycles. The summed E-state index contributed by atoms with van der Waals surface area (Å²) in [5, 5.41) is 3.31. The van der Waals surface area contributed by atoms with E-state index in [-0.39, 0.29) is 0 Å². The lowest BCUT2D eigenvalue weighted by Crippen LogP contribution is -2.21. The van der Waals surface area contributed by atoms with Crippen LogP contribution >= 0.6 is 0 Å². The maximum Gasteiger partial charge on any atom is 0.0993 e. The fourth-order valence-electron chi connectivity index (χ4n) is 1.36. The molecule has 0 aromatic rings. The van der Waals surface area contributed by atoms with E-state index < -0.39 is 0 Å². The van der Waals surface area contributed by atoms with Gasteiger partial charge in [0.05, 0.1) is 6.17 Å². The Labute approximate surface area is 74.8 Å². The molecular formula is C10H18N2. The molecule has 1 atom stereocenters. The van der Waals surface area contributed by atoms with Crippen molar-refractivity contribution in [1.82, 2.24) is 5.32 Å². The van der Waals surface area contributed by atoms with E-state index in [4.69, 9.17) is 0 Å². The number of rotatable bonds is 5. The quantitative estimate of drug-likeness (QED) is 0.491. The van der Waals surface area contributed by atoms with Gasteiger partial charge in [-0.3, -0.25) is 10.3 Å². The monoisotopic (exact) mass is 166 g/mol. The Morgan fingerprint density at radius 3 is 3.17 bits per heavy atom. The Kier molecular flexibility index (Phi) is 4.69. The minimum absolute atomic E-state index is 0.413. The molecule has 1 N–H and O–H groups in total. The molecule has 2 heteroatoms. The first-order chi connectivity index (χ1) is 5.93. The fraction of sp³-hybridized carbons (Fsp3) is 0.700. The van der Waals surface area contributed by atoms with Gasteiger partial charge in [-0.25, -0.2) is 0 Å². The van der Waals surface area contributed by atoms with Crippen molar-refractivity contribution in [3.05, 3.63) is 12.2 Å². The van der Waals surface area contributed by atoms with Gasteiger partial charge in [0.2, 0.25) is 0 Å². The standard InChI is InChI=1S/C10H18N2/c1-2-3-4-5-6-7-10-11-8-9-12-10/h2-3,8,10,12H,4-7,9H2,1H3/b3-2+. The number of unbranched alkanes of at least 4 members (excludes halogenated alkanes) is 2. The van der Waals surface area contributed by atoms with Crippen LogP contribution in [0.4, 0.5) is 0 Å². The van der Waals surface area contributed by atoms with Crippen molar-refractivity contribution in [3.63, 3.8) is 0 Å². The third kappa shape index (κ3) is 3.67. The van der Waals surface area contributed by atoms with Crippen LogP contribution in [0.5, 0.6) is 0 Å². The van der Waals surface area contributed by atoms with Crippen LogP contribution in [0.15, 0.2) is 17.1 Å². The zero-order chi connectivity index (χ0) is 8.65. The van der Waals surface area contributed by atoms with Crippen LogP contribution in [0.1, 0.15) is 32.6 Å². The molecule has 1 rings (SSSR count). The Morgan fingerprint density at radius 1 is 1.58 bits per heavy atom. The SMILES string of the molecule is C/C=C/CCCCC1N=CCN1. The lowest BCUT2D eigenvalue weighted by atomic mass is 10.1. The number of hydrogen-bond donors (Lipinski definition) is 1. The van der Waals surface area contributed by atoms with Crippen molar-refractivity contribution in [2.24, 2.45) is 4.99 Å². The molecule has 0 fully saturated rings. The van der Waals surface area contributed by atoms with E-state index in [9.17, 15) is 0 Å². The van der Waals surface area contributed by atoms with Crippen LogP contribution in [-0.2, 0) is 0 Å². The van der Waals surface area contributed by atoms with Gasteiger partial charge in [0.25, 0.3) is 0 Å². The third-order valence-corrected chi connectivity index (χ3v) is 2.06. The van der Waals surface area contributed by atoms with Crippen LogP contribution in [0.25, 0.3) is 0 Å². The van der Waals surface area contributed by atoms with Crippen molar-refractivity contribution in [3.8, 4) is 0 Å². The zero-order valence-corrected chi connectivity index (χ0v) is 7.79. The molecule has 2 nitrogen and oxygen atoms in total. The maximum atomic E-state index is 4.30. The molecule has 12 heavy (non-hydrogen) atoms. The average molecular weight is 166 g/mol. The molecule has 0 bridgehead atoms. The Balaban J connectivity index is 1.91. The molecule has 0 saturated carbocycles. The van der Waals surface area contributed by atoms with E-state index in [2.05, 4.69) is 29.4 Å². The smallest absolute Gasteiger partial charge is 0.0993 e. The van der Waals surface area contributed by atoms with Crippen LogP contribution in [-0.4, -0.2) is 18.9 Å². The van der Waals surface area contributed by atoms with Crippen molar-refractivity contribution in [1.29, 1.82) is 0 Å². The second kappa shape index (κ2) is 5.95. The van der Waals surface area contributed by atoms with Gasteiger partial charge in [-0.2, -0.15) is 0 Å². The Hall–Kier alpha value is -0.630. The van der Waals surface area contributed by atoms with Gasteiger partial charge < -0.3 is 0 Å². The summed E-state index contributed by atoms with van der Waals surface area (Å²) in [6.45, 7) is 3.03. The highest BCUT2D eigenvalue weighted by molar-refractivity contribution is 5.61. The summed E-state index contributed by atoms with van der Waals surface area (Å²) >= 11 is 0. The molecule has 0 saturated heterocycles. The highest BCUT2D eigenvalue weighted by atomic mass is 15.1. The number of nitrogens with zero attached hydrogens (tertiary/aromatic N) is 1. The molecule has 0 aromatic heterocycles. The average Bonchev–Trinajstić information content (AvgIpc) is 2.57. The predicted octanol–water partition coefficient (Wildman–Crippen LogP) is 2.12. The second-order valence-electron chi connectivity index (χ2n) is 3.11. The van der Waals surface area contributed by atoms with Gasteiger partial charge >= 0.3 is 0 Å². The maximum absolute atomic E-state index is 4.30. The number of aliphatic imine (C=N–C) groups is 1. The van der Waals surface area contributed by atoms with Crippen molar-refractivity contribution in [2.45, 2.75) is 38.8 Å². The Morgan fingerprint density at radius 2 is 2.50 bits per heavy atom. The highest BCUT2D eigenvalue weighted by Gasteiger charge is 2.07. The van der Waals surface area contributed by atoms with Gasteiger partial charge in [-0.15, -0.1) is 0 Å². The third-order valence-electron chi connectivity index (χ3n) is 2.06. The summed E-state index contributed by atoms with van der Waals surface area (Å²) < 4.78 is 0. The molecule has 0 radical (unpaired) electrons. The van der Waals surface area contributed by atoms with E-state index in [0.29, 0.717) is 6.17 Å². The topological polar surface area (TPSA) is 24.4 Å². The van der Waals surface area contributed by atoms with Gasteiger partial charge in [0.15, 0.2) is 0 Å².